The predicted octanol–water partition coefficient (Wildman–Crippen LogP) is 9.97. The predicted molar refractivity (Wildman–Crippen MR) is 181 cm³/mol. The Bertz CT molecular complexity index is 1840. The Labute approximate surface area is 312 Å². The van der Waals surface area contributed by atoms with Crippen molar-refractivity contribution in [3.8, 4) is 0 Å². The molecule has 0 fully saturated rings. The third kappa shape index (κ3) is 4.68. The van der Waals surface area contributed by atoms with Gasteiger partial charge in [0.05, 0.1) is 43.4 Å². The van der Waals surface area contributed by atoms with Gasteiger partial charge in [-0.2, -0.15) is 0 Å². The van der Waals surface area contributed by atoms with E-state index in [9.17, 15) is 28.8 Å². The van der Waals surface area contributed by atoms with Gasteiger partial charge in [0.25, 0.3) is 35.4 Å². The minimum absolute atomic E-state index is 0.0869. The molecule has 0 unspecified atom stereocenters. The number of carbonyl (C=O) groups is 6. The molecule has 3 aromatic rings. The van der Waals surface area contributed by atoms with E-state index in [1.54, 1.807) is 0 Å². The van der Waals surface area contributed by atoms with E-state index in [1.165, 1.54) is 0 Å². The number of nitrogens with zero attached hydrogens (tertiary/aromatic N) is 2. The molecule has 0 saturated heterocycles. The second-order valence-corrected chi connectivity index (χ2v) is 15.4. The number of rotatable bonds is 2. The normalized spacial score (nSPS) is 14.2. The first kappa shape index (κ1) is 33.1. The number of fused-ring (bicyclic) bond motifs is 2. The molecule has 2 aliphatic heterocycles. The third-order valence-electron chi connectivity index (χ3n) is 6.14. The van der Waals surface area contributed by atoms with E-state index < -0.39 is 51.6 Å². The number of amides is 6. The fourth-order valence-corrected chi connectivity index (χ4v) is 9.74. The lowest BCUT2D eigenvalue weighted by Crippen LogP contribution is -2.38. The van der Waals surface area contributed by atoms with Gasteiger partial charge in [-0.25, -0.2) is 9.80 Å². The summed E-state index contributed by atoms with van der Waals surface area (Å²) in [6.07, 6.45) is 0. The standard InChI is InChI=1S/C24H2Br8Cl2N2O6/c25-10-6-7(11(26)15(30)14(10)29)22(40)35(21(6)39)19(37)3-1-2-4(33)5(18(3)34)20(38)36-23(41)8-9(24(36)42)13(28)17(32)16(31)12(8)27/h1-2H. The number of hydrogen-bond acceptors (Lipinski definition) is 6. The summed E-state index contributed by atoms with van der Waals surface area (Å²) in [6.45, 7) is 0. The summed E-state index contributed by atoms with van der Waals surface area (Å²) in [5.74, 6) is -6.25. The van der Waals surface area contributed by atoms with Crippen LogP contribution in [0.3, 0.4) is 0 Å². The lowest BCUT2D eigenvalue weighted by molar-refractivity contribution is 0.0546. The monoisotopic (exact) mass is 1120 g/mol. The average Bonchev–Trinajstić information content (AvgIpc) is 3.36. The van der Waals surface area contributed by atoms with Crippen molar-refractivity contribution in [1.82, 2.24) is 9.80 Å². The molecule has 0 saturated carbocycles. The van der Waals surface area contributed by atoms with Crippen LogP contribution in [-0.2, 0) is 0 Å². The largest absolute Gasteiger partial charge is 0.270 e. The van der Waals surface area contributed by atoms with Crippen molar-refractivity contribution in [2.45, 2.75) is 0 Å². The van der Waals surface area contributed by atoms with Crippen LogP contribution in [0, 0.1) is 0 Å². The van der Waals surface area contributed by atoms with Crippen LogP contribution in [0.25, 0.3) is 0 Å². The molecule has 2 aliphatic rings. The molecule has 2 heterocycles. The Morgan fingerprint density at radius 2 is 0.810 bits per heavy atom. The van der Waals surface area contributed by atoms with Crippen LogP contribution >= 0.6 is 151 Å². The van der Waals surface area contributed by atoms with Gasteiger partial charge >= 0.3 is 0 Å². The van der Waals surface area contributed by atoms with Crippen LogP contribution in [0.2, 0.25) is 10.0 Å². The van der Waals surface area contributed by atoms with Crippen molar-refractivity contribution in [3.63, 3.8) is 0 Å². The molecular weight excluding hydrogens is 1120 g/mol. The molecule has 0 atom stereocenters. The van der Waals surface area contributed by atoms with E-state index in [-0.39, 0.29) is 45.2 Å². The summed E-state index contributed by atoms with van der Waals surface area (Å²) in [7, 11) is 0. The first-order valence-corrected chi connectivity index (χ1v) is 17.7. The molecule has 3 aromatic carbocycles. The van der Waals surface area contributed by atoms with Crippen LogP contribution in [0.15, 0.2) is 47.9 Å². The summed E-state index contributed by atoms with van der Waals surface area (Å²) < 4.78 is 2.52. The Kier molecular flexibility index (Phi) is 9.30. The minimum Gasteiger partial charge on any atom is -0.268 e. The quantitative estimate of drug-likeness (QED) is 0.144. The molecular formula is C24H2Br8Cl2N2O6. The Morgan fingerprint density at radius 1 is 0.500 bits per heavy atom. The fraction of sp³-hybridized carbons (Fsp3) is 0. The van der Waals surface area contributed by atoms with Gasteiger partial charge in [-0.15, -0.1) is 0 Å². The van der Waals surface area contributed by atoms with Gasteiger partial charge in [-0.1, -0.05) is 23.2 Å². The van der Waals surface area contributed by atoms with E-state index >= 15 is 0 Å². The topological polar surface area (TPSA) is 109 Å². The van der Waals surface area contributed by atoms with Gasteiger partial charge in [0.1, 0.15) is 0 Å². The summed E-state index contributed by atoms with van der Waals surface area (Å²) in [5, 5.41) is -0.870. The molecule has 0 spiro atoms. The van der Waals surface area contributed by atoms with Gasteiger partial charge in [0.15, 0.2) is 0 Å². The maximum atomic E-state index is 13.7. The Balaban J connectivity index is 1.59. The summed E-state index contributed by atoms with van der Waals surface area (Å²) in [6, 6.07) is 2.25. The highest BCUT2D eigenvalue weighted by Gasteiger charge is 2.48. The Morgan fingerprint density at radius 3 is 1.14 bits per heavy atom. The van der Waals surface area contributed by atoms with E-state index in [0.717, 1.165) is 12.1 Å². The number of hydrogen-bond donors (Lipinski definition) is 0. The van der Waals surface area contributed by atoms with Gasteiger partial charge in [-0.05, 0) is 140 Å². The zero-order valence-corrected chi connectivity index (χ0v) is 33.5. The minimum atomic E-state index is -1.22. The van der Waals surface area contributed by atoms with E-state index in [1.807, 2.05) is 0 Å². The summed E-state index contributed by atoms with van der Waals surface area (Å²) >= 11 is 39.1. The van der Waals surface area contributed by atoms with Crippen molar-refractivity contribution < 1.29 is 28.8 Å². The van der Waals surface area contributed by atoms with E-state index in [4.69, 9.17) is 23.2 Å². The zero-order chi connectivity index (χ0) is 31.3. The SMILES string of the molecule is O=C(c1ccc(Cl)c(C(=O)N2C(=O)c3c(Br)c(Br)c(Br)c(Br)c3C2=O)c1Cl)N1C(=O)c2c(Br)c(Br)c(Br)c(Br)c2C1=O. The van der Waals surface area contributed by atoms with Crippen LogP contribution < -0.4 is 0 Å². The highest BCUT2D eigenvalue weighted by atomic mass is 79.9. The van der Waals surface area contributed by atoms with E-state index in [2.05, 4.69) is 127 Å². The van der Waals surface area contributed by atoms with Crippen molar-refractivity contribution in [2.75, 3.05) is 0 Å². The molecule has 18 heteroatoms. The molecule has 0 N–H and O–H groups in total. The molecule has 0 aromatic heterocycles. The molecule has 0 bridgehead atoms. The zero-order valence-electron chi connectivity index (χ0n) is 19.3. The lowest BCUT2D eigenvalue weighted by Gasteiger charge is -2.18. The van der Waals surface area contributed by atoms with Crippen LogP contribution in [0.5, 0.6) is 0 Å². The average molecular weight is 1120 g/mol. The summed E-state index contributed by atoms with van der Waals surface area (Å²) in [5.41, 5.74) is -1.39. The Hall–Kier alpha value is -0.300. The molecule has 42 heavy (non-hydrogen) atoms. The molecule has 0 radical (unpaired) electrons. The van der Waals surface area contributed by atoms with Gasteiger partial charge < -0.3 is 0 Å². The maximum Gasteiger partial charge on any atom is 0.270 e. The first-order valence-electron chi connectivity index (χ1n) is 10.6. The van der Waals surface area contributed by atoms with Gasteiger partial charge in [0, 0.05) is 35.8 Å². The third-order valence-corrected chi connectivity index (χ3v) is 16.4. The molecule has 8 nitrogen and oxygen atoms in total. The molecule has 214 valence electrons. The number of imide groups is 6. The smallest absolute Gasteiger partial charge is 0.268 e. The number of benzene rings is 3. The van der Waals surface area contributed by atoms with E-state index in [0.29, 0.717) is 27.7 Å². The van der Waals surface area contributed by atoms with Crippen LogP contribution in [-0.4, -0.2) is 45.2 Å². The van der Waals surface area contributed by atoms with Crippen LogP contribution in [0.1, 0.15) is 62.1 Å². The number of halogens is 10. The second kappa shape index (κ2) is 11.8. The highest BCUT2D eigenvalue weighted by Crippen LogP contribution is 2.47. The lowest BCUT2D eigenvalue weighted by atomic mass is 10.1. The molecule has 6 amide bonds. The van der Waals surface area contributed by atoms with Crippen molar-refractivity contribution >= 4 is 186 Å². The van der Waals surface area contributed by atoms with Crippen molar-refractivity contribution in [1.29, 1.82) is 0 Å². The van der Waals surface area contributed by atoms with Gasteiger partial charge in [0.2, 0.25) is 0 Å². The van der Waals surface area contributed by atoms with Crippen molar-refractivity contribution in [2.24, 2.45) is 0 Å². The van der Waals surface area contributed by atoms with Crippen LogP contribution in [0.4, 0.5) is 0 Å². The van der Waals surface area contributed by atoms with Gasteiger partial charge in [-0.3, -0.25) is 28.8 Å². The molecule has 5 rings (SSSR count). The van der Waals surface area contributed by atoms with Crippen molar-refractivity contribution in [3.05, 3.63) is 91.3 Å². The number of carbonyl (C=O) groups excluding carboxylic acids is 6. The molecule has 0 aliphatic carbocycles. The summed E-state index contributed by atoms with van der Waals surface area (Å²) in [4.78, 5) is 81.5. The first-order chi connectivity index (χ1) is 19.6. The maximum absolute atomic E-state index is 13.7. The highest BCUT2D eigenvalue weighted by molar-refractivity contribution is 9.15. The second-order valence-electron chi connectivity index (χ2n) is 8.30. The fourth-order valence-electron chi connectivity index (χ4n) is 4.21.